The van der Waals surface area contributed by atoms with Crippen molar-refractivity contribution in [2.24, 2.45) is 0 Å². The van der Waals surface area contributed by atoms with E-state index in [1.807, 2.05) is 6.07 Å². The first-order valence-electron chi connectivity index (χ1n) is 27.5. The van der Waals surface area contributed by atoms with Gasteiger partial charge in [0.05, 0.1) is 11.1 Å². The van der Waals surface area contributed by atoms with Gasteiger partial charge in [-0.2, -0.15) is 0 Å². The molecule has 1 spiro atoms. The molecular weight excluding hydrogens is 999 g/mol. The van der Waals surface area contributed by atoms with Crippen LogP contribution in [0.2, 0.25) is 0 Å². The quantitative estimate of drug-likeness (QED) is 0.160. The second-order valence-corrected chi connectivity index (χ2v) is 32.2. The zero-order chi connectivity index (χ0) is 56.9. The maximum Gasteiger partial charge on any atom is 0.532 e. The molecule has 0 bridgehead atoms. The van der Waals surface area contributed by atoms with Gasteiger partial charge in [-0.05, 0) is 90.8 Å². The molecule has 0 amide bonds. The van der Waals surface area contributed by atoms with E-state index in [4.69, 9.17) is 36.0 Å². The number of hydrogen-bond acceptors (Lipinski definition) is 9. The van der Waals surface area contributed by atoms with E-state index in [0.29, 0.717) is 28.6 Å². The summed E-state index contributed by atoms with van der Waals surface area (Å²) in [5.41, 5.74) is 8.44. The van der Waals surface area contributed by atoms with E-state index in [2.05, 4.69) is 203 Å². The van der Waals surface area contributed by atoms with Crippen LogP contribution in [0, 0.1) is 0 Å². The predicted molar refractivity (Wildman–Crippen MR) is 317 cm³/mol. The van der Waals surface area contributed by atoms with Gasteiger partial charge in [-0.3, -0.25) is 0 Å². The van der Waals surface area contributed by atoms with Crippen LogP contribution in [0.1, 0.15) is 232 Å². The molecule has 414 valence electrons. The monoisotopic (exact) mass is 1080 g/mol. The molecule has 0 N–H and O–H groups in total. The second kappa shape index (κ2) is 18.2. The Morgan fingerprint density at radius 2 is 0.831 bits per heavy atom. The third kappa shape index (κ3) is 10.2. The van der Waals surface area contributed by atoms with E-state index in [0.717, 1.165) is 72.2 Å². The zero-order valence-corrected chi connectivity index (χ0v) is 52.5. The van der Waals surface area contributed by atoms with Crippen molar-refractivity contribution in [3.05, 3.63) is 122 Å². The molecule has 3 aliphatic rings. The number of para-hydroxylation sites is 1. The third-order valence-electron chi connectivity index (χ3n) is 15.5. The standard InChI is InChI=1S/C66H86O9P2/c1-58(2,3)37-29-40-41-30-38(59(4,5)6)32-43(61(10,11)12)52(41)72-77(71-51(40)42(31-37)60(7,8)9)74-56-47(65(22,23)24)34-45(63(16,17)18)54-50(56)66(36-69-54)35-68-53-44(62(13,14)15)33-46(64(19,20)21)55(49(53)66)73-76-70-48-28-26-25-27-39(48)57(67)75-76/h25-34H,35-36H2,1-24H3. The molecule has 0 radical (unpaired) electrons. The average molecular weight is 1090 g/mol. The maximum absolute atomic E-state index is 13.7. The summed E-state index contributed by atoms with van der Waals surface area (Å²) in [5.74, 6) is 2.54. The van der Waals surface area contributed by atoms with Crippen molar-refractivity contribution in [2.45, 2.75) is 215 Å². The smallest absolute Gasteiger partial charge is 0.491 e. The Balaban J connectivity index is 1.43. The number of rotatable bonds is 4. The van der Waals surface area contributed by atoms with E-state index in [1.54, 1.807) is 18.2 Å². The number of hydrogen-bond donors (Lipinski definition) is 0. The summed E-state index contributed by atoms with van der Waals surface area (Å²) >= 11 is 0. The minimum absolute atomic E-state index is 0.165. The Morgan fingerprint density at radius 1 is 0.442 bits per heavy atom. The second-order valence-electron chi connectivity index (χ2n) is 30.2. The molecule has 3 aliphatic heterocycles. The van der Waals surface area contributed by atoms with Crippen LogP contribution in [0.15, 0.2) is 69.1 Å². The van der Waals surface area contributed by atoms with Gasteiger partial charge in [0.2, 0.25) is 0 Å². The van der Waals surface area contributed by atoms with Gasteiger partial charge in [0.25, 0.3) is 0 Å². The molecule has 1 aromatic heterocycles. The Labute approximate surface area is 462 Å². The molecule has 9 rings (SSSR count). The summed E-state index contributed by atoms with van der Waals surface area (Å²) in [6.07, 6.45) is 0. The summed E-state index contributed by atoms with van der Waals surface area (Å²) in [4.78, 5) is 13.7. The Bertz CT molecular complexity index is 3320. The van der Waals surface area contributed by atoms with Crippen LogP contribution in [0.4, 0.5) is 0 Å². The van der Waals surface area contributed by atoms with Gasteiger partial charge in [-0.25, -0.2) is 4.79 Å². The lowest BCUT2D eigenvalue weighted by molar-refractivity contribution is 0.0697. The van der Waals surface area contributed by atoms with Crippen LogP contribution in [0.3, 0.4) is 0 Å². The van der Waals surface area contributed by atoms with E-state index in [-0.39, 0.29) is 45.7 Å². The van der Waals surface area contributed by atoms with E-state index in [1.165, 1.54) is 11.1 Å². The van der Waals surface area contributed by atoms with Gasteiger partial charge in [0.15, 0.2) is 0 Å². The highest BCUT2D eigenvalue weighted by atomic mass is 31.2. The summed E-state index contributed by atoms with van der Waals surface area (Å²) < 4.78 is 57.1. The zero-order valence-electron chi connectivity index (χ0n) is 50.8. The van der Waals surface area contributed by atoms with E-state index < -0.39 is 39.1 Å². The molecule has 0 fully saturated rings. The van der Waals surface area contributed by atoms with Crippen molar-refractivity contribution < 1.29 is 40.8 Å². The Hall–Kier alpha value is -5.10. The van der Waals surface area contributed by atoms with Crippen molar-refractivity contribution in [1.82, 2.24) is 0 Å². The van der Waals surface area contributed by atoms with Crippen LogP contribution in [0.25, 0.3) is 21.9 Å². The first kappa shape index (κ1) is 56.6. The molecule has 2 unspecified atom stereocenters. The highest BCUT2D eigenvalue weighted by molar-refractivity contribution is 7.43. The van der Waals surface area contributed by atoms with Gasteiger partial charge >= 0.3 is 22.8 Å². The predicted octanol–water partition coefficient (Wildman–Crippen LogP) is 19.4. The molecule has 77 heavy (non-hydrogen) atoms. The fraction of sp³-hybridized carbons (Fsp3) is 0.530. The van der Waals surface area contributed by atoms with Crippen LogP contribution < -0.4 is 23.0 Å². The first-order valence-corrected chi connectivity index (χ1v) is 29.7. The lowest BCUT2D eigenvalue weighted by Gasteiger charge is -2.34. The van der Waals surface area contributed by atoms with Gasteiger partial charge < -0.3 is 36.0 Å². The number of benzene rings is 5. The lowest BCUT2D eigenvalue weighted by Crippen LogP contribution is -2.33. The van der Waals surface area contributed by atoms with Gasteiger partial charge in [-0.15, -0.1) is 0 Å². The number of ether oxygens (including phenoxy) is 2. The van der Waals surface area contributed by atoms with E-state index >= 15 is 0 Å². The molecule has 0 saturated heterocycles. The lowest BCUT2D eigenvalue weighted by atomic mass is 9.69. The van der Waals surface area contributed by atoms with Crippen molar-refractivity contribution in [3.63, 3.8) is 0 Å². The summed E-state index contributed by atoms with van der Waals surface area (Å²) in [6, 6.07) is 20.9. The SMILES string of the molecule is CC(C)(C)c1cc(C(C)(C)C)c2op(Oc3c(C(C)(C)C)cc(C(C)(C)C)c4c3C3(COc5c(C(C)(C)C)cc(C(C)(C)C)c(OP6OC(=O)c7ccccc7O6)c53)CO4)oc3c(C(C)(C)C)cc(C(C)(C)C)cc3c2c1. The normalized spacial score (nSPS) is 18.1. The van der Waals surface area contributed by atoms with Gasteiger partial charge in [0, 0.05) is 44.2 Å². The maximum atomic E-state index is 13.7. The molecule has 5 aromatic carbocycles. The molecule has 4 heterocycles. The van der Waals surface area contributed by atoms with Gasteiger partial charge in [0.1, 0.15) is 64.1 Å². The third-order valence-corrected chi connectivity index (χ3v) is 17.5. The van der Waals surface area contributed by atoms with Crippen LogP contribution in [0.5, 0.6) is 28.7 Å². The first-order chi connectivity index (χ1) is 35.1. The van der Waals surface area contributed by atoms with Crippen LogP contribution >= 0.6 is 16.8 Å². The summed E-state index contributed by atoms with van der Waals surface area (Å²) in [5, 5.41) is 1.98. The highest BCUT2D eigenvalue weighted by Gasteiger charge is 2.57. The van der Waals surface area contributed by atoms with Crippen molar-refractivity contribution >= 4 is 44.8 Å². The highest BCUT2D eigenvalue weighted by Crippen LogP contribution is 2.65. The summed E-state index contributed by atoms with van der Waals surface area (Å²) in [6.45, 7) is 54.2. The number of fused-ring (bicyclic) bond motifs is 8. The molecule has 6 aromatic rings. The number of carbonyl (C=O) groups excluding carboxylic acids is 1. The molecule has 2 atom stereocenters. The van der Waals surface area contributed by atoms with Crippen molar-refractivity contribution in [1.29, 1.82) is 0 Å². The molecule has 0 saturated carbocycles. The molecule has 11 heteroatoms. The van der Waals surface area contributed by atoms with Crippen molar-refractivity contribution in [3.8, 4) is 28.7 Å². The molecule has 9 nitrogen and oxygen atoms in total. The van der Waals surface area contributed by atoms with Crippen LogP contribution in [-0.4, -0.2) is 19.2 Å². The Morgan fingerprint density at radius 3 is 1.22 bits per heavy atom. The fourth-order valence-corrected chi connectivity index (χ4v) is 13.0. The molecular formula is C66H86O9P2. The van der Waals surface area contributed by atoms with E-state index in [9.17, 15) is 4.79 Å². The van der Waals surface area contributed by atoms with Gasteiger partial charge in [-0.1, -0.05) is 190 Å². The van der Waals surface area contributed by atoms with Crippen LogP contribution in [-0.2, 0) is 53.3 Å². The van der Waals surface area contributed by atoms with Crippen molar-refractivity contribution in [2.75, 3.05) is 13.2 Å². The topological polar surface area (TPSA) is 98.7 Å². The number of carbonyl (C=O) groups is 1. The minimum atomic E-state index is -2.26. The fourth-order valence-electron chi connectivity index (χ4n) is 10.9. The molecule has 0 aliphatic carbocycles. The Kier molecular flexibility index (Phi) is 13.4. The summed E-state index contributed by atoms with van der Waals surface area (Å²) in [7, 11) is -4.52. The average Bonchev–Trinajstić information content (AvgIpc) is 3.98. The largest absolute Gasteiger partial charge is 0.532 e. The minimum Gasteiger partial charge on any atom is -0.491 e.